The molecule has 2 saturated carbocycles. The number of Topliss-reactive ketones (excluding diaryl/α,β-unsaturated/α-hetero) is 1. The molecule has 5 rings (SSSR count). The zero-order chi connectivity index (χ0) is 29.5. The van der Waals surface area contributed by atoms with Crippen LogP contribution in [0.25, 0.3) is 0 Å². The summed E-state index contributed by atoms with van der Waals surface area (Å²) in [5.74, 6) is 3.33. The number of esters is 3. The lowest BCUT2D eigenvalue weighted by molar-refractivity contribution is -0.210. The molecule has 1 saturated heterocycles. The fraction of sp³-hybridized carbons (Fsp3) is 0.500. The first-order valence-electron chi connectivity index (χ1n) is 13.7. The van der Waals surface area contributed by atoms with E-state index in [1.807, 2.05) is 38.1 Å². The molecule has 0 amide bonds. The number of ether oxygens (including phenoxy) is 4. The molecule has 0 bridgehead atoms. The third-order valence-corrected chi connectivity index (χ3v) is 9.36. The summed E-state index contributed by atoms with van der Waals surface area (Å²) in [5, 5.41) is 0. The van der Waals surface area contributed by atoms with Crippen molar-refractivity contribution in [1.82, 2.24) is 0 Å². The molecule has 0 unspecified atom stereocenters. The topological polar surface area (TPSA) is 118 Å². The molecular weight excluding hydrogens is 528 g/mol. The first-order chi connectivity index (χ1) is 19.5. The molecule has 216 valence electrons. The van der Waals surface area contributed by atoms with Gasteiger partial charge >= 0.3 is 17.9 Å². The number of para-hydroxylation sites is 1. The van der Waals surface area contributed by atoms with Crippen LogP contribution < -0.4 is 4.74 Å². The minimum atomic E-state index is -1.10. The average molecular weight is 563 g/mol. The van der Waals surface area contributed by atoms with Gasteiger partial charge in [-0.1, -0.05) is 31.9 Å². The van der Waals surface area contributed by atoms with Gasteiger partial charge in [-0.15, -0.1) is 0 Å². The third-order valence-electron chi connectivity index (χ3n) is 9.36. The van der Waals surface area contributed by atoms with Gasteiger partial charge in [-0.05, 0) is 54.2 Å². The summed E-state index contributed by atoms with van der Waals surface area (Å²) in [4.78, 5) is 52.5. The Morgan fingerprint density at radius 2 is 1.80 bits per heavy atom. The van der Waals surface area contributed by atoms with E-state index in [0.717, 1.165) is 0 Å². The highest BCUT2D eigenvalue weighted by Gasteiger charge is 2.67. The van der Waals surface area contributed by atoms with Gasteiger partial charge in [0.05, 0.1) is 37.9 Å². The number of hydrogen-bond acceptors (Lipinski definition) is 9. The van der Waals surface area contributed by atoms with E-state index in [1.54, 1.807) is 13.2 Å². The van der Waals surface area contributed by atoms with E-state index >= 15 is 0 Å². The number of hydrogen-bond donors (Lipinski definition) is 0. The van der Waals surface area contributed by atoms with E-state index in [9.17, 15) is 19.2 Å². The van der Waals surface area contributed by atoms with Gasteiger partial charge in [0.1, 0.15) is 11.9 Å². The molecule has 0 N–H and O–H groups in total. The van der Waals surface area contributed by atoms with Gasteiger partial charge in [-0.3, -0.25) is 19.2 Å². The predicted molar refractivity (Wildman–Crippen MR) is 144 cm³/mol. The largest absolute Gasteiger partial charge is 0.495 e. The Labute approximate surface area is 238 Å². The van der Waals surface area contributed by atoms with E-state index in [0.29, 0.717) is 41.9 Å². The highest BCUT2D eigenvalue weighted by atomic mass is 16.6. The summed E-state index contributed by atoms with van der Waals surface area (Å²) in [6.45, 7) is 5.06. The molecule has 0 radical (unpaired) electrons. The Hall–Kier alpha value is -4.06. The van der Waals surface area contributed by atoms with Crippen molar-refractivity contribution in [2.45, 2.75) is 58.7 Å². The molecule has 0 spiro atoms. The Kier molecular flexibility index (Phi) is 7.45. The van der Waals surface area contributed by atoms with Crippen molar-refractivity contribution >= 4 is 23.7 Å². The minimum absolute atomic E-state index is 0.0527. The average Bonchev–Trinajstić information content (AvgIpc) is 3.41. The molecule has 2 heterocycles. The number of furan rings is 1. The number of carbonyl (C=O) groups excluding carboxylic acids is 4. The Morgan fingerprint density at radius 3 is 2.51 bits per heavy atom. The predicted octanol–water partition coefficient (Wildman–Crippen LogP) is 4.41. The fourth-order valence-electron chi connectivity index (χ4n) is 7.54. The number of cyclic esters (lactones) is 1. The summed E-state index contributed by atoms with van der Waals surface area (Å²) in [6.07, 6.45) is 0.931. The second-order valence-electron chi connectivity index (χ2n) is 11.6. The summed E-state index contributed by atoms with van der Waals surface area (Å²) in [5.41, 5.74) is -0.417. The smallest absolute Gasteiger partial charge is 0.310 e. The Balaban J connectivity index is 1.53. The maximum absolute atomic E-state index is 14.1. The second-order valence-corrected chi connectivity index (χ2v) is 11.6. The van der Waals surface area contributed by atoms with Gasteiger partial charge in [-0.25, -0.2) is 0 Å². The van der Waals surface area contributed by atoms with Crippen LogP contribution in [0, 0.1) is 40.4 Å². The van der Waals surface area contributed by atoms with Crippen LogP contribution in [0.15, 0.2) is 41.0 Å². The van der Waals surface area contributed by atoms with Crippen molar-refractivity contribution in [2.24, 2.45) is 28.6 Å². The highest BCUT2D eigenvalue weighted by Crippen LogP contribution is 2.65. The first-order valence-corrected chi connectivity index (χ1v) is 13.7. The van der Waals surface area contributed by atoms with Gasteiger partial charge in [-0.2, -0.15) is 0 Å². The molecule has 2 aromatic rings. The van der Waals surface area contributed by atoms with E-state index in [-0.39, 0.29) is 12.2 Å². The summed E-state index contributed by atoms with van der Waals surface area (Å²) in [7, 11) is 2.88. The molecule has 1 aromatic carbocycles. The number of fused-ring (bicyclic) bond motifs is 3. The van der Waals surface area contributed by atoms with Crippen LogP contribution in [0.4, 0.5) is 0 Å². The van der Waals surface area contributed by atoms with Crippen LogP contribution in [0.2, 0.25) is 0 Å². The molecule has 3 fully saturated rings. The van der Waals surface area contributed by atoms with E-state index in [1.165, 1.54) is 20.3 Å². The standard InChI is InChI=1S/C32H34O9/c1-18(33)40-25-16-22(29(35)38-5)31(2)14-12-21-30(36)41-26(17-32(21,3)28(31)27(25)34)20-13-15-39-24(20)11-10-19-8-6-7-9-23(19)37-4/h6-9,13,15,21-22,25-26,28H,12,14,16-17H2,1-5H3/t21-,22-,25-,26-,28-,31-,32-/m0/s1. The molecule has 9 nitrogen and oxygen atoms in total. The van der Waals surface area contributed by atoms with Gasteiger partial charge in [0, 0.05) is 24.8 Å². The number of carbonyl (C=O) groups is 4. The van der Waals surface area contributed by atoms with E-state index in [2.05, 4.69) is 11.8 Å². The maximum atomic E-state index is 14.1. The van der Waals surface area contributed by atoms with Gasteiger partial charge in [0.2, 0.25) is 0 Å². The zero-order valence-corrected chi connectivity index (χ0v) is 23.9. The van der Waals surface area contributed by atoms with Gasteiger partial charge in [0.15, 0.2) is 17.6 Å². The normalized spacial score (nSPS) is 32.4. The molecule has 1 aromatic heterocycles. The number of benzene rings is 1. The molecule has 9 heteroatoms. The molecular formula is C32H34O9. The van der Waals surface area contributed by atoms with Crippen LogP contribution in [0.3, 0.4) is 0 Å². The van der Waals surface area contributed by atoms with Crippen LogP contribution in [-0.2, 0) is 33.4 Å². The van der Waals surface area contributed by atoms with Crippen LogP contribution >= 0.6 is 0 Å². The van der Waals surface area contributed by atoms with Crippen molar-refractivity contribution in [1.29, 1.82) is 0 Å². The van der Waals surface area contributed by atoms with Crippen molar-refractivity contribution in [3.63, 3.8) is 0 Å². The summed E-state index contributed by atoms with van der Waals surface area (Å²) < 4.78 is 27.6. The van der Waals surface area contributed by atoms with Crippen molar-refractivity contribution in [3.05, 3.63) is 53.5 Å². The summed E-state index contributed by atoms with van der Waals surface area (Å²) >= 11 is 0. The monoisotopic (exact) mass is 562 g/mol. The number of ketones is 1. The van der Waals surface area contributed by atoms with Gasteiger partial charge < -0.3 is 23.4 Å². The quantitative estimate of drug-likeness (QED) is 0.303. The van der Waals surface area contributed by atoms with Crippen LogP contribution in [0.5, 0.6) is 5.75 Å². The van der Waals surface area contributed by atoms with Crippen LogP contribution in [-0.4, -0.2) is 44.0 Å². The highest BCUT2D eigenvalue weighted by molar-refractivity contribution is 5.93. The molecule has 41 heavy (non-hydrogen) atoms. The lowest BCUT2D eigenvalue weighted by Gasteiger charge is -2.61. The zero-order valence-electron chi connectivity index (χ0n) is 23.9. The van der Waals surface area contributed by atoms with Gasteiger partial charge in [0.25, 0.3) is 0 Å². The second kappa shape index (κ2) is 10.7. The molecule has 2 aliphatic carbocycles. The Bertz CT molecular complexity index is 1440. The Morgan fingerprint density at radius 1 is 1.05 bits per heavy atom. The van der Waals surface area contributed by atoms with Crippen molar-refractivity contribution in [3.8, 4) is 17.6 Å². The van der Waals surface area contributed by atoms with Crippen molar-refractivity contribution in [2.75, 3.05) is 14.2 Å². The number of rotatable bonds is 4. The number of methoxy groups -OCH3 is 2. The molecule has 7 atom stereocenters. The minimum Gasteiger partial charge on any atom is -0.495 e. The van der Waals surface area contributed by atoms with Crippen LogP contribution in [0.1, 0.15) is 69.4 Å². The maximum Gasteiger partial charge on any atom is 0.310 e. The van der Waals surface area contributed by atoms with Crippen molar-refractivity contribution < 1.29 is 42.5 Å². The molecule has 1 aliphatic heterocycles. The molecule has 3 aliphatic rings. The van der Waals surface area contributed by atoms with E-state index in [4.69, 9.17) is 23.4 Å². The lowest BCUT2D eigenvalue weighted by atomic mass is 9.43. The first kappa shape index (κ1) is 28.5. The fourth-order valence-corrected chi connectivity index (χ4v) is 7.54. The van der Waals surface area contributed by atoms with E-state index < -0.39 is 58.7 Å². The summed E-state index contributed by atoms with van der Waals surface area (Å²) in [6, 6.07) is 9.06. The SMILES string of the molecule is COC(=O)[C@@H]1C[C@H](OC(C)=O)C(=O)[C@H]2[C@@]1(C)CC[C@H]1C(=O)O[C@H](c3ccoc3C#Cc3ccccc3OC)C[C@]21C. The third kappa shape index (κ3) is 4.79. The lowest BCUT2D eigenvalue weighted by Crippen LogP contribution is -2.64.